The molecular formula is C43H26N4. The van der Waals surface area contributed by atoms with Crippen LogP contribution in [-0.4, -0.2) is 9.55 Å². The Morgan fingerprint density at radius 3 is 1.72 bits per heavy atom. The van der Waals surface area contributed by atoms with Crippen molar-refractivity contribution >= 4 is 39.0 Å². The summed E-state index contributed by atoms with van der Waals surface area (Å²) in [5.74, 6) is 1.71. The maximum atomic E-state index is 10.0. The summed E-state index contributed by atoms with van der Waals surface area (Å²) in [5, 5.41) is 12.4. The third kappa shape index (κ3) is 3.32. The highest BCUT2D eigenvalue weighted by Gasteiger charge is 2.51. The van der Waals surface area contributed by atoms with E-state index in [1.165, 1.54) is 38.6 Å². The van der Waals surface area contributed by atoms with Crippen LogP contribution < -0.4 is 4.90 Å². The summed E-state index contributed by atoms with van der Waals surface area (Å²) >= 11 is 0. The predicted octanol–water partition coefficient (Wildman–Crippen LogP) is 10.2. The van der Waals surface area contributed by atoms with Crippen molar-refractivity contribution in [1.29, 1.82) is 5.26 Å². The van der Waals surface area contributed by atoms with Gasteiger partial charge in [0.2, 0.25) is 0 Å². The number of nitriles is 1. The minimum absolute atomic E-state index is 0.590. The molecule has 0 atom stereocenters. The molecule has 0 N–H and O–H groups in total. The second-order valence-corrected chi connectivity index (χ2v) is 12.3. The molecule has 6 aromatic carbocycles. The fourth-order valence-electron chi connectivity index (χ4n) is 8.25. The minimum atomic E-state index is -0.590. The smallest absolute Gasteiger partial charge is 0.140 e. The molecule has 0 fully saturated rings. The summed E-state index contributed by atoms with van der Waals surface area (Å²) < 4.78 is 2.27. The molecule has 10 rings (SSSR count). The Morgan fingerprint density at radius 1 is 0.489 bits per heavy atom. The highest BCUT2D eigenvalue weighted by molar-refractivity contribution is 6.09. The highest BCUT2D eigenvalue weighted by atomic mass is 15.2. The molecule has 1 aliphatic carbocycles. The summed E-state index contributed by atoms with van der Waals surface area (Å²) in [6.45, 7) is 0. The summed E-state index contributed by atoms with van der Waals surface area (Å²) in [6.07, 6.45) is 0. The normalized spacial score (nSPS) is 13.6. The third-order valence-corrected chi connectivity index (χ3v) is 10.0. The Labute approximate surface area is 272 Å². The lowest BCUT2D eigenvalue weighted by molar-refractivity contribution is 0.751. The first kappa shape index (κ1) is 25.8. The van der Waals surface area contributed by atoms with E-state index < -0.39 is 5.41 Å². The van der Waals surface area contributed by atoms with E-state index >= 15 is 0 Å². The van der Waals surface area contributed by atoms with Gasteiger partial charge in [-0.3, -0.25) is 9.47 Å². The van der Waals surface area contributed by atoms with Crippen LogP contribution in [0.15, 0.2) is 158 Å². The quantitative estimate of drug-likeness (QED) is 0.199. The number of anilines is 3. The van der Waals surface area contributed by atoms with Crippen LogP contribution in [-0.2, 0) is 5.41 Å². The molecular weight excluding hydrogens is 573 g/mol. The number of nitrogens with zero attached hydrogens (tertiary/aromatic N) is 4. The van der Waals surface area contributed by atoms with Gasteiger partial charge in [0.15, 0.2) is 0 Å². The molecule has 0 bridgehead atoms. The van der Waals surface area contributed by atoms with Crippen LogP contribution >= 0.6 is 0 Å². The summed E-state index contributed by atoms with van der Waals surface area (Å²) in [6, 6.07) is 58.0. The van der Waals surface area contributed by atoms with E-state index in [9.17, 15) is 5.26 Å². The van der Waals surface area contributed by atoms with Crippen molar-refractivity contribution in [3.63, 3.8) is 0 Å². The van der Waals surface area contributed by atoms with Gasteiger partial charge in [-0.05, 0) is 81.9 Å². The molecule has 2 aromatic heterocycles. The number of aromatic nitrogens is 2. The number of fused-ring (bicyclic) bond motifs is 12. The van der Waals surface area contributed by atoms with Crippen LogP contribution in [0.2, 0.25) is 0 Å². The van der Waals surface area contributed by atoms with Crippen molar-refractivity contribution < 1.29 is 0 Å². The molecule has 0 unspecified atom stereocenters. The number of hydrogen-bond donors (Lipinski definition) is 0. The van der Waals surface area contributed by atoms with Crippen LogP contribution in [0, 0.1) is 11.3 Å². The van der Waals surface area contributed by atoms with Gasteiger partial charge in [-0.25, -0.2) is 4.98 Å². The van der Waals surface area contributed by atoms with Crippen molar-refractivity contribution in [2.75, 3.05) is 4.90 Å². The van der Waals surface area contributed by atoms with Gasteiger partial charge < -0.3 is 0 Å². The van der Waals surface area contributed by atoms with Crippen LogP contribution in [0.25, 0.3) is 38.8 Å². The van der Waals surface area contributed by atoms with Crippen LogP contribution in [0.5, 0.6) is 0 Å². The number of para-hydroxylation sites is 4. The van der Waals surface area contributed by atoms with Gasteiger partial charge in [-0.15, -0.1) is 0 Å². The second-order valence-electron chi connectivity index (χ2n) is 12.3. The van der Waals surface area contributed by atoms with E-state index in [1.807, 2.05) is 6.07 Å². The molecule has 2 aliphatic rings. The van der Waals surface area contributed by atoms with Crippen LogP contribution in [0.1, 0.15) is 27.8 Å². The van der Waals surface area contributed by atoms with Gasteiger partial charge >= 0.3 is 0 Å². The molecule has 47 heavy (non-hydrogen) atoms. The van der Waals surface area contributed by atoms with E-state index in [-0.39, 0.29) is 0 Å². The maximum absolute atomic E-state index is 10.0. The first-order valence-electron chi connectivity index (χ1n) is 15.9. The zero-order valence-electron chi connectivity index (χ0n) is 25.3. The molecule has 0 amide bonds. The van der Waals surface area contributed by atoms with Gasteiger partial charge in [0.1, 0.15) is 11.6 Å². The fourth-order valence-corrected chi connectivity index (χ4v) is 8.25. The third-order valence-electron chi connectivity index (χ3n) is 10.0. The number of pyridine rings is 1. The van der Waals surface area contributed by atoms with Crippen LogP contribution in [0.4, 0.5) is 17.2 Å². The Kier molecular flexibility index (Phi) is 5.24. The number of benzene rings is 6. The van der Waals surface area contributed by atoms with Gasteiger partial charge in [-0.2, -0.15) is 5.26 Å². The minimum Gasteiger partial charge on any atom is -0.294 e. The molecule has 4 nitrogen and oxygen atoms in total. The van der Waals surface area contributed by atoms with Crippen molar-refractivity contribution in [2.24, 2.45) is 0 Å². The maximum Gasteiger partial charge on any atom is 0.140 e. The van der Waals surface area contributed by atoms with Crippen molar-refractivity contribution in [3.05, 3.63) is 186 Å². The number of rotatable bonds is 2. The fraction of sp³-hybridized carbons (Fsp3) is 0.0233. The Balaban J connectivity index is 1.26. The number of hydrogen-bond acceptors (Lipinski definition) is 3. The largest absolute Gasteiger partial charge is 0.294 e. The zero-order valence-corrected chi connectivity index (χ0v) is 25.3. The molecule has 0 saturated heterocycles. The molecule has 0 saturated carbocycles. The van der Waals surface area contributed by atoms with Crippen molar-refractivity contribution in [2.45, 2.75) is 5.41 Å². The first-order valence-corrected chi connectivity index (χ1v) is 15.9. The van der Waals surface area contributed by atoms with Crippen molar-refractivity contribution in [3.8, 4) is 23.0 Å². The van der Waals surface area contributed by atoms with E-state index in [4.69, 9.17) is 4.98 Å². The highest BCUT2D eigenvalue weighted by Crippen LogP contribution is 2.63. The van der Waals surface area contributed by atoms with E-state index in [1.54, 1.807) is 0 Å². The van der Waals surface area contributed by atoms with E-state index in [0.29, 0.717) is 5.56 Å². The average Bonchev–Trinajstić information content (AvgIpc) is 3.63. The Morgan fingerprint density at radius 2 is 1.04 bits per heavy atom. The lowest BCUT2D eigenvalue weighted by Gasteiger charge is -2.44. The molecule has 218 valence electrons. The summed E-state index contributed by atoms with van der Waals surface area (Å²) in [4.78, 5) is 7.72. The molecule has 4 heteroatoms. The van der Waals surface area contributed by atoms with Gasteiger partial charge in [0, 0.05) is 10.8 Å². The molecule has 0 radical (unpaired) electrons. The topological polar surface area (TPSA) is 44.9 Å². The molecule has 3 heterocycles. The molecule has 8 aromatic rings. The Bertz CT molecular complexity index is 2520. The summed E-state index contributed by atoms with van der Waals surface area (Å²) in [5.41, 5.74) is 11.6. The lowest BCUT2D eigenvalue weighted by atomic mass is 9.64. The van der Waals surface area contributed by atoms with E-state index in [0.717, 1.165) is 39.6 Å². The summed E-state index contributed by atoms with van der Waals surface area (Å²) in [7, 11) is 0. The molecule has 1 aliphatic heterocycles. The predicted molar refractivity (Wildman–Crippen MR) is 189 cm³/mol. The monoisotopic (exact) mass is 598 g/mol. The standard InChI is InChI=1S/C43H26N4/c44-27-28-24-25-30-29-12-1-4-15-33(29)43(36(30)26-28)34-16-5-9-20-39(34)47(40-21-10-6-17-35(40)43)42-23-11-22-41(45-42)46-37-18-7-2-13-31(37)32-14-3-8-19-38(32)46/h1-26H. The lowest BCUT2D eigenvalue weighted by Crippen LogP contribution is -2.36. The zero-order chi connectivity index (χ0) is 31.1. The molecule has 1 spiro atoms. The van der Waals surface area contributed by atoms with Gasteiger partial charge in [0.05, 0.1) is 39.5 Å². The van der Waals surface area contributed by atoms with Gasteiger partial charge in [-0.1, -0.05) is 109 Å². The SMILES string of the molecule is N#Cc1ccc2c(c1)C1(c3ccccc3-2)c2ccccc2N(c2cccc(-n3c4ccccc4c4ccccc43)n2)c2ccccc21. The Hall–Kier alpha value is -6.44. The van der Waals surface area contributed by atoms with Crippen LogP contribution in [0.3, 0.4) is 0 Å². The second kappa shape index (κ2) is 9.53. The van der Waals surface area contributed by atoms with E-state index in [2.05, 4.69) is 167 Å². The van der Waals surface area contributed by atoms with Gasteiger partial charge in [0.25, 0.3) is 0 Å². The first-order chi connectivity index (χ1) is 23.3. The van der Waals surface area contributed by atoms with Crippen molar-refractivity contribution in [1.82, 2.24) is 9.55 Å². The average molecular weight is 599 g/mol.